The van der Waals surface area contributed by atoms with Crippen molar-refractivity contribution in [3.8, 4) is 0 Å². The molecule has 0 bridgehead atoms. The number of para-hydroxylation sites is 2. The molecule has 0 aliphatic heterocycles. The van der Waals surface area contributed by atoms with Gasteiger partial charge in [-0.15, -0.1) is 0 Å². The molecule has 158 valence electrons. The monoisotopic (exact) mass is 451 g/mol. The fourth-order valence-corrected chi connectivity index (χ4v) is 4.22. The molecule has 3 aromatic carbocycles. The summed E-state index contributed by atoms with van der Waals surface area (Å²) in [5.74, 6) is 0.900. The fraction of sp³-hybridized carbons (Fsp3) is 0.200. The van der Waals surface area contributed by atoms with Gasteiger partial charge < -0.3 is 9.88 Å². The number of aromatic nitrogens is 2. The van der Waals surface area contributed by atoms with Crippen LogP contribution >= 0.6 is 23.2 Å². The first-order chi connectivity index (χ1) is 15.0. The van der Waals surface area contributed by atoms with Crippen LogP contribution in [0.25, 0.3) is 11.0 Å². The molecule has 0 radical (unpaired) electrons. The molecule has 4 nitrogen and oxygen atoms in total. The van der Waals surface area contributed by atoms with Crippen molar-refractivity contribution >= 4 is 40.1 Å². The van der Waals surface area contributed by atoms with Crippen LogP contribution in [0.3, 0.4) is 0 Å². The van der Waals surface area contributed by atoms with Crippen molar-refractivity contribution in [1.82, 2.24) is 14.9 Å². The van der Waals surface area contributed by atoms with E-state index in [1.54, 1.807) is 0 Å². The van der Waals surface area contributed by atoms with Gasteiger partial charge in [0.25, 0.3) is 5.91 Å². The van der Waals surface area contributed by atoms with Crippen molar-refractivity contribution < 1.29 is 4.79 Å². The Morgan fingerprint density at radius 1 is 0.968 bits per heavy atom. The number of imidazole rings is 1. The van der Waals surface area contributed by atoms with Crippen LogP contribution in [0, 0.1) is 6.92 Å². The van der Waals surface area contributed by atoms with E-state index in [1.807, 2.05) is 67.6 Å². The largest absolute Gasteiger partial charge is 0.352 e. The first-order valence-electron chi connectivity index (χ1n) is 10.3. The molecular weight excluding hydrogens is 429 g/mol. The molecule has 4 rings (SSSR count). The van der Waals surface area contributed by atoms with Crippen LogP contribution in [0.1, 0.15) is 33.7 Å². The topological polar surface area (TPSA) is 46.9 Å². The summed E-state index contributed by atoms with van der Waals surface area (Å²) in [6.07, 6.45) is 1.50. The average Bonchev–Trinajstić information content (AvgIpc) is 3.11. The minimum absolute atomic E-state index is 0.0468. The summed E-state index contributed by atoms with van der Waals surface area (Å²) in [4.78, 5) is 17.3. The van der Waals surface area contributed by atoms with Crippen molar-refractivity contribution in [2.45, 2.75) is 26.3 Å². The van der Waals surface area contributed by atoms with E-state index in [0.717, 1.165) is 40.8 Å². The molecule has 0 aliphatic carbocycles. The van der Waals surface area contributed by atoms with Gasteiger partial charge in [-0.3, -0.25) is 4.79 Å². The zero-order valence-corrected chi connectivity index (χ0v) is 18.7. The number of nitrogens with zero attached hydrogens (tertiary/aromatic N) is 2. The summed E-state index contributed by atoms with van der Waals surface area (Å²) < 4.78 is 2.16. The first kappa shape index (κ1) is 21.4. The lowest BCUT2D eigenvalue weighted by Crippen LogP contribution is -2.25. The van der Waals surface area contributed by atoms with E-state index in [9.17, 15) is 4.79 Å². The lowest BCUT2D eigenvalue weighted by Gasteiger charge is -2.13. The SMILES string of the molecule is Cc1ccccc1C(=O)NCCCc1nc2ccccc2n1Cc1c(Cl)cccc1Cl. The molecule has 0 saturated heterocycles. The highest BCUT2D eigenvalue weighted by Crippen LogP contribution is 2.27. The standard InChI is InChI=1S/C25H23Cl2N3O/c1-17-8-2-3-9-18(17)25(31)28-15-7-14-24-29-22-12-4-5-13-23(22)30(24)16-19-20(26)10-6-11-21(19)27/h2-6,8-13H,7,14-16H2,1H3,(H,28,31). The number of fused-ring (bicyclic) bond motifs is 1. The van der Waals surface area contributed by atoms with Crippen LogP contribution in [-0.2, 0) is 13.0 Å². The van der Waals surface area contributed by atoms with Gasteiger partial charge in [0.1, 0.15) is 5.82 Å². The van der Waals surface area contributed by atoms with E-state index in [0.29, 0.717) is 28.7 Å². The first-order valence-corrected chi connectivity index (χ1v) is 11.0. The number of hydrogen-bond donors (Lipinski definition) is 1. The van der Waals surface area contributed by atoms with E-state index < -0.39 is 0 Å². The molecule has 6 heteroatoms. The van der Waals surface area contributed by atoms with Crippen molar-refractivity contribution in [1.29, 1.82) is 0 Å². The van der Waals surface area contributed by atoms with Crippen LogP contribution < -0.4 is 5.32 Å². The van der Waals surface area contributed by atoms with Gasteiger partial charge in [-0.2, -0.15) is 0 Å². The van der Waals surface area contributed by atoms with Gasteiger partial charge in [0.15, 0.2) is 0 Å². The fourth-order valence-electron chi connectivity index (χ4n) is 3.71. The summed E-state index contributed by atoms with van der Waals surface area (Å²) in [6.45, 7) is 3.06. The van der Waals surface area contributed by atoms with Gasteiger partial charge in [0.05, 0.1) is 17.6 Å². The highest BCUT2D eigenvalue weighted by Gasteiger charge is 2.14. The average molecular weight is 452 g/mol. The van der Waals surface area contributed by atoms with Gasteiger partial charge >= 0.3 is 0 Å². The van der Waals surface area contributed by atoms with E-state index in [-0.39, 0.29) is 5.91 Å². The second-order valence-electron chi connectivity index (χ2n) is 7.48. The number of halogens is 2. The Hall–Kier alpha value is -2.82. The van der Waals surface area contributed by atoms with Crippen LogP contribution in [0.5, 0.6) is 0 Å². The molecular formula is C25H23Cl2N3O. The minimum atomic E-state index is -0.0468. The molecule has 0 aliphatic rings. The van der Waals surface area contributed by atoms with Gasteiger partial charge in [-0.25, -0.2) is 4.98 Å². The lowest BCUT2D eigenvalue weighted by molar-refractivity contribution is 0.0952. The number of benzene rings is 3. The molecule has 1 N–H and O–H groups in total. The van der Waals surface area contributed by atoms with Crippen LogP contribution in [-0.4, -0.2) is 22.0 Å². The Balaban J connectivity index is 1.49. The molecule has 0 unspecified atom stereocenters. The van der Waals surface area contributed by atoms with Crippen LogP contribution in [0.15, 0.2) is 66.7 Å². The van der Waals surface area contributed by atoms with Gasteiger partial charge in [-0.1, -0.05) is 59.6 Å². The molecule has 1 aromatic heterocycles. The summed E-state index contributed by atoms with van der Waals surface area (Å²) in [5, 5.41) is 4.29. The van der Waals surface area contributed by atoms with Crippen molar-refractivity contribution in [2.75, 3.05) is 6.54 Å². The van der Waals surface area contributed by atoms with Crippen LogP contribution in [0.2, 0.25) is 10.0 Å². The zero-order chi connectivity index (χ0) is 21.8. The Labute approximate surface area is 191 Å². The summed E-state index contributed by atoms with van der Waals surface area (Å²) in [6, 6.07) is 21.2. The number of aryl methyl sites for hydroxylation is 2. The number of carbonyl (C=O) groups is 1. The van der Waals surface area contributed by atoms with Gasteiger partial charge in [-0.05, 0) is 49.2 Å². The highest BCUT2D eigenvalue weighted by atomic mass is 35.5. The van der Waals surface area contributed by atoms with Gasteiger partial charge in [0, 0.05) is 34.1 Å². The Kier molecular flexibility index (Phi) is 6.59. The molecule has 0 spiro atoms. The van der Waals surface area contributed by atoms with Crippen molar-refractivity contribution in [3.63, 3.8) is 0 Å². The third kappa shape index (κ3) is 4.76. The Bertz CT molecular complexity index is 1210. The summed E-state index contributed by atoms with van der Waals surface area (Å²) in [7, 11) is 0. The van der Waals surface area contributed by atoms with E-state index in [1.165, 1.54) is 0 Å². The number of nitrogens with one attached hydrogen (secondary N) is 1. The number of carbonyl (C=O) groups excluding carboxylic acids is 1. The summed E-state index contributed by atoms with van der Waals surface area (Å²) in [5.41, 5.74) is 4.53. The normalized spacial score (nSPS) is 11.1. The van der Waals surface area contributed by atoms with E-state index in [2.05, 4.69) is 16.0 Å². The predicted octanol–water partition coefficient (Wildman–Crippen LogP) is 6.06. The molecule has 4 aromatic rings. The maximum absolute atomic E-state index is 12.4. The molecule has 0 saturated carbocycles. The molecule has 0 atom stereocenters. The number of hydrogen-bond acceptors (Lipinski definition) is 2. The lowest BCUT2D eigenvalue weighted by atomic mass is 10.1. The predicted molar refractivity (Wildman–Crippen MR) is 127 cm³/mol. The molecule has 31 heavy (non-hydrogen) atoms. The number of amides is 1. The minimum Gasteiger partial charge on any atom is -0.352 e. The smallest absolute Gasteiger partial charge is 0.251 e. The van der Waals surface area contributed by atoms with Crippen molar-refractivity contribution in [2.24, 2.45) is 0 Å². The van der Waals surface area contributed by atoms with Crippen LogP contribution in [0.4, 0.5) is 0 Å². The third-order valence-corrected chi connectivity index (χ3v) is 6.07. The second kappa shape index (κ2) is 9.54. The maximum Gasteiger partial charge on any atom is 0.251 e. The highest BCUT2D eigenvalue weighted by molar-refractivity contribution is 6.36. The maximum atomic E-state index is 12.4. The van der Waals surface area contributed by atoms with Crippen molar-refractivity contribution in [3.05, 3.63) is 99.3 Å². The van der Waals surface area contributed by atoms with E-state index >= 15 is 0 Å². The Morgan fingerprint density at radius 3 is 2.45 bits per heavy atom. The quantitative estimate of drug-likeness (QED) is 0.347. The third-order valence-electron chi connectivity index (χ3n) is 5.36. The molecule has 0 fully saturated rings. The Morgan fingerprint density at radius 2 is 1.68 bits per heavy atom. The second-order valence-corrected chi connectivity index (χ2v) is 8.29. The molecule has 1 heterocycles. The summed E-state index contributed by atoms with van der Waals surface area (Å²) >= 11 is 12.8. The van der Waals surface area contributed by atoms with E-state index in [4.69, 9.17) is 28.2 Å². The van der Waals surface area contributed by atoms with Gasteiger partial charge in [0.2, 0.25) is 0 Å². The zero-order valence-electron chi connectivity index (χ0n) is 17.2. The molecule has 1 amide bonds. The number of rotatable bonds is 7.